The van der Waals surface area contributed by atoms with Gasteiger partial charge >= 0.3 is 6.18 Å². The number of halogens is 3. The Morgan fingerprint density at radius 1 is 1.17 bits per heavy atom. The highest BCUT2D eigenvalue weighted by Crippen LogP contribution is 2.66. The molecule has 0 saturated heterocycles. The summed E-state index contributed by atoms with van der Waals surface area (Å²) in [6, 6.07) is 2.30. The fraction of sp³-hybridized carbons (Fsp3) is 0.667. The normalized spacial score (nSPS) is 37.2. The highest BCUT2D eigenvalue weighted by molar-refractivity contribution is 5.58. The molecule has 132 valence electrons. The summed E-state index contributed by atoms with van der Waals surface area (Å²) >= 11 is 0. The van der Waals surface area contributed by atoms with Gasteiger partial charge in [-0.3, -0.25) is 0 Å². The van der Waals surface area contributed by atoms with Crippen LogP contribution in [0.2, 0.25) is 0 Å². The molecule has 5 unspecified atom stereocenters. The van der Waals surface area contributed by atoms with Crippen molar-refractivity contribution in [2.75, 3.05) is 12.5 Å². The lowest BCUT2D eigenvalue weighted by atomic mass is 9.68. The number of rotatable bonds is 3. The van der Waals surface area contributed by atoms with Gasteiger partial charge in [0.05, 0.1) is 16.9 Å². The minimum Gasteiger partial charge on any atom is -0.385 e. The third-order valence-electron chi connectivity index (χ3n) is 6.61. The Morgan fingerprint density at radius 3 is 2.54 bits per heavy atom. The molecular weight excluding hydrogens is 317 g/mol. The Balaban J connectivity index is 1.87. The van der Waals surface area contributed by atoms with Crippen molar-refractivity contribution in [3.63, 3.8) is 0 Å². The zero-order valence-electron chi connectivity index (χ0n) is 13.9. The van der Waals surface area contributed by atoms with Crippen molar-refractivity contribution in [1.29, 1.82) is 0 Å². The molecule has 0 aromatic heterocycles. The van der Waals surface area contributed by atoms with Gasteiger partial charge in [-0.1, -0.05) is 0 Å². The van der Waals surface area contributed by atoms with Gasteiger partial charge in [-0.15, -0.1) is 0 Å². The second-order valence-corrected chi connectivity index (χ2v) is 7.77. The van der Waals surface area contributed by atoms with E-state index in [-0.39, 0.29) is 11.8 Å². The summed E-state index contributed by atoms with van der Waals surface area (Å²) in [5.41, 5.74) is 5.23. The maximum absolute atomic E-state index is 13.4. The lowest BCUT2D eigenvalue weighted by Crippen LogP contribution is -2.41. The van der Waals surface area contributed by atoms with Crippen molar-refractivity contribution in [3.05, 3.63) is 28.8 Å². The monoisotopic (exact) mass is 340 g/mol. The van der Waals surface area contributed by atoms with E-state index in [0.29, 0.717) is 28.7 Å². The summed E-state index contributed by atoms with van der Waals surface area (Å²) < 4.78 is 40.1. The summed E-state index contributed by atoms with van der Waals surface area (Å²) in [5.74, 6) is 1.31. The van der Waals surface area contributed by atoms with Crippen LogP contribution in [0.15, 0.2) is 12.1 Å². The lowest BCUT2D eigenvalue weighted by Gasteiger charge is -2.42. The molecule has 24 heavy (non-hydrogen) atoms. The average Bonchev–Trinajstić information content (AvgIpc) is 2.90. The van der Waals surface area contributed by atoms with Crippen LogP contribution in [0.3, 0.4) is 0 Å². The van der Waals surface area contributed by atoms with E-state index in [1.165, 1.54) is 6.07 Å². The van der Waals surface area contributed by atoms with Gasteiger partial charge < -0.3 is 10.5 Å². The molecule has 6 heteroatoms. The second kappa shape index (κ2) is 5.11. The summed E-state index contributed by atoms with van der Waals surface area (Å²) in [6.07, 6.45) is -0.472. The van der Waals surface area contributed by atoms with E-state index in [1.54, 1.807) is 14.0 Å². The van der Waals surface area contributed by atoms with Crippen LogP contribution in [0.5, 0.6) is 0 Å². The minimum atomic E-state index is -4.43. The molecule has 3 N–H and O–H groups in total. The third-order valence-corrected chi connectivity index (χ3v) is 6.61. The van der Waals surface area contributed by atoms with Crippen LogP contribution in [0.25, 0.3) is 0 Å². The smallest absolute Gasteiger partial charge is 0.385 e. The van der Waals surface area contributed by atoms with Crippen LogP contribution in [0.1, 0.15) is 42.4 Å². The van der Waals surface area contributed by atoms with Crippen molar-refractivity contribution < 1.29 is 18.3 Å². The fourth-order valence-corrected chi connectivity index (χ4v) is 5.74. The van der Waals surface area contributed by atoms with Gasteiger partial charge in [0.15, 0.2) is 0 Å². The van der Waals surface area contributed by atoms with Gasteiger partial charge in [0, 0.05) is 7.05 Å². The second-order valence-electron chi connectivity index (χ2n) is 7.77. The maximum atomic E-state index is 13.4. The van der Waals surface area contributed by atoms with Gasteiger partial charge in [0.25, 0.3) is 0 Å². The topological polar surface area (TPSA) is 44.3 Å². The SMILES string of the molecule is CNNc1cc(C(F)(F)F)cc(C2(O)C3CC4CC(C3)C2C4)c1C. The number of alkyl halides is 3. The van der Waals surface area contributed by atoms with E-state index in [9.17, 15) is 18.3 Å². The zero-order valence-corrected chi connectivity index (χ0v) is 13.9. The first kappa shape index (κ1) is 16.2. The Kier molecular flexibility index (Phi) is 3.45. The molecule has 0 amide bonds. The Morgan fingerprint density at radius 2 is 1.92 bits per heavy atom. The van der Waals surface area contributed by atoms with Crippen molar-refractivity contribution in [1.82, 2.24) is 5.43 Å². The molecule has 3 nitrogen and oxygen atoms in total. The summed E-state index contributed by atoms with van der Waals surface area (Å²) in [4.78, 5) is 0. The number of benzene rings is 1. The van der Waals surface area contributed by atoms with Gasteiger partial charge in [-0.2, -0.15) is 13.2 Å². The molecule has 0 aliphatic heterocycles. The van der Waals surface area contributed by atoms with E-state index >= 15 is 0 Å². The first-order valence-corrected chi connectivity index (χ1v) is 8.62. The lowest BCUT2D eigenvalue weighted by molar-refractivity contribution is -0.138. The molecule has 4 bridgehead atoms. The Bertz CT molecular complexity index is 671. The first-order chi connectivity index (χ1) is 11.2. The molecule has 4 saturated carbocycles. The van der Waals surface area contributed by atoms with Gasteiger partial charge in [0.2, 0.25) is 0 Å². The van der Waals surface area contributed by atoms with E-state index in [0.717, 1.165) is 31.7 Å². The highest BCUT2D eigenvalue weighted by Gasteiger charge is 2.63. The quantitative estimate of drug-likeness (QED) is 0.733. The van der Waals surface area contributed by atoms with E-state index in [2.05, 4.69) is 10.9 Å². The number of hydrogen-bond acceptors (Lipinski definition) is 3. The van der Waals surface area contributed by atoms with Crippen LogP contribution in [0, 0.1) is 30.6 Å². The standard InChI is InChI=1S/C18H23F3N2O/c1-9-14(7-13(18(19,20)21)8-16(9)23-22-2)17(24)12-4-10-3-11(6-12)15(17)5-10/h7-8,10-12,15,22-24H,3-6H2,1-2H3. The Labute approximate surface area is 139 Å². The Hall–Kier alpha value is -1.27. The molecule has 0 radical (unpaired) electrons. The van der Waals surface area contributed by atoms with Crippen molar-refractivity contribution >= 4 is 5.69 Å². The molecule has 4 aliphatic carbocycles. The average molecular weight is 340 g/mol. The molecule has 4 fully saturated rings. The van der Waals surface area contributed by atoms with Crippen LogP contribution in [-0.4, -0.2) is 12.2 Å². The van der Waals surface area contributed by atoms with E-state index < -0.39 is 17.3 Å². The van der Waals surface area contributed by atoms with Crippen LogP contribution >= 0.6 is 0 Å². The van der Waals surface area contributed by atoms with Crippen molar-refractivity contribution in [2.45, 2.75) is 44.4 Å². The molecule has 1 aromatic carbocycles. The van der Waals surface area contributed by atoms with Gasteiger partial charge in [-0.05, 0) is 79.5 Å². The van der Waals surface area contributed by atoms with Gasteiger partial charge in [0.1, 0.15) is 0 Å². The number of anilines is 1. The molecule has 0 spiro atoms. The fourth-order valence-electron chi connectivity index (χ4n) is 5.74. The minimum absolute atomic E-state index is 0.0876. The molecular formula is C18H23F3N2O. The number of hydrogen-bond donors (Lipinski definition) is 3. The summed E-state index contributed by atoms with van der Waals surface area (Å²) in [7, 11) is 1.62. The zero-order chi connectivity index (χ0) is 17.3. The first-order valence-electron chi connectivity index (χ1n) is 8.62. The molecule has 0 heterocycles. The summed E-state index contributed by atoms with van der Waals surface area (Å²) in [5, 5.41) is 11.6. The summed E-state index contributed by atoms with van der Waals surface area (Å²) in [6.45, 7) is 1.80. The molecule has 5 atom stereocenters. The number of hydrazine groups is 1. The third kappa shape index (κ3) is 2.12. The molecule has 5 rings (SSSR count). The maximum Gasteiger partial charge on any atom is 0.416 e. The number of aliphatic hydroxyl groups is 1. The van der Waals surface area contributed by atoms with Crippen molar-refractivity contribution in [2.24, 2.45) is 23.7 Å². The van der Waals surface area contributed by atoms with Gasteiger partial charge in [-0.25, -0.2) is 5.43 Å². The number of nitrogens with one attached hydrogen (secondary N) is 2. The van der Waals surface area contributed by atoms with Crippen LogP contribution in [-0.2, 0) is 11.8 Å². The predicted octanol–water partition coefficient (Wildman–Crippen LogP) is 3.81. The van der Waals surface area contributed by atoms with Crippen LogP contribution in [0.4, 0.5) is 18.9 Å². The predicted molar refractivity (Wildman–Crippen MR) is 85.2 cm³/mol. The highest BCUT2D eigenvalue weighted by atomic mass is 19.4. The van der Waals surface area contributed by atoms with Crippen LogP contribution < -0.4 is 10.9 Å². The van der Waals surface area contributed by atoms with E-state index in [1.807, 2.05) is 0 Å². The van der Waals surface area contributed by atoms with Crippen molar-refractivity contribution in [3.8, 4) is 0 Å². The molecule has 4 aliphatic rings. The molecule has 1 aromatic rings. The van der Waals surface area contributed by atoms with E-state index in [4.69, 9.17) is 0 Å². The largest absolute Gasteiger partial charge is 0.416 e.